The quantitative estimate of drug-likeness (QED) is 0.761. The Bertz CT molecular complexity index is 596. The van der Waals surface area contributed by atoms with Gasteiger partial charge in [-0.15, -0.1) is 11.8 Å². The zero-order chi connectivity index (χ0) is 18.4. The molecular formula is C19H29N3O2S. The molecule has 1 aromatic carbocycles. The van der Waals surface area contributed by atoms with Crippen molar-refractivity contribution in [2.45, 2.75) is 45.1 Å². The fourth-order valence-corrected chi connectivity index (χ4v) is 3.89. The summed E-state index contributed by atoms with van der Waals surface area (Å²) in [6.45, 7) is 7.67. The smallest absolute Gasteiger partial charge is 0.255 e. The van der Waals surface area contributed by atoms with E-state index in [0.29, 0.717) is 30.3 Å². The number of rotatable bonds is 6. The SMILES string of the molecule is CC(C)(C)c1ccc(C(=O)N2CSCC2C(=O)NCCCCN)cc1. The Morgan fingerprint density at radius 3 is 2.52 bits per heavy atom. The van der Waals surface area contributed by atoms with Crippen LogP contribution in [0.1, 0.15) is 49.5 Å². The number of hydrogen-bond acceptors (Lipinski definition) is 4. The molecule has 0 saturated carbocycles. The Kier molecular flexibility index (Phi) is 6.90. The lowest BCUT2D eigenvalue weighted by Crippen LogP contribution is -2.47. The lowest BCUT2D eigenvalue weighted by Gasteiger charge is -2.24. The molecule has 0 spiro atoms. The highest BCUT2D eigenvalue weighted by molar-refractivity contribution is 7.99. The highest BCUT2D eigenvalue weighted by atomic mass is 32.2. The van der Waals surface area contributed by atoms with Crippen molar-refractivity contribution >= 4 is 23.6 Å². The molecule has 1 saturated heterocycles. The number of amides is 2. The third kappa shape index (κ3) is 5.22. The van der Waals surface area contributed by atoms with Crippen molar-refractivity contribution in [2.24, 2.45) is 5.73 Å². The van der Waals surface area contributed by atoms with E-state index in [1.54, 1.807) is 16.7 Å². The summed E-state index contributed by atoms with van der Waals surface area (Å²) in [6, 6.07) is 7.33. The van der Waals surface area contributed by atoms with Gasteiger partial charge in [0.15, 0.2) is 0 Å². The summed E-state index contributed by atoms with van der Waals surface area (Å²) >= 11 is 1.62. The average Bonchev–Trinajstić information content (AvgIpc) is 3.07. The number of carbonyl (C=O) groups is 2. The maximum absolute atomic E-state index is 12.8. The summed E-state index contributed by atoms with van der Waals surface area (Å²) in [4.78, 5) is 26.9. The van der Waals surface area contributed by atoms with E-state index in [0.717, 1.165) is 12.8 Å². The molecule has 0 aromatic heterocycles. The average molecular weight is 364 g/mol. The van der Waals surface area contributed by atoms with E-state index < -0.39 is 6.04 Å². The molecule has 5 nitrogen and oxygen atoms in total. The molecule has 1 aromatic rings. The first-order valence-electron chi connectivity index (χ1n) is 8.81. The predicted molar refractivity (Wildman–Crippen MR) is 104 cm³/mol. The molecule has 0 bridgehead atoms. The molecule has 1 aliphatic heterocycles. The molecule has 0 radical (unpaired) electrons. The standard InChI is InChI=1S/C19H29N3O2S/c1-19(2,3)15-8-6-14(7-9-15)18(24)22-13-25-12-16(22)17(23)21-11-5-4-10-20/h6-9,16H,4-5,10-13,20H2,1-3H3,(H,21,23). The summed E-state index contributed by atoms with van der Waals surface area (Å²) in [6.07, 6.45) is 1.76. The minimum atomic E-state index is -0.391. The van der Waals surface area contributed by atoms with Gasteiger partial charge < -0.3 is 16.0 Å². The first-order chi connectivity index (χ1) is 11.8. The third-order valence-corrected chi connectivity index (χ3v) is 5.39. The Labute approximate surface area is 154 Å². The van der Waals surface area contributed by atoms with Gasteiger partial charge >= 0.3 is 0 Å². The van der Waals surface area contributed by atoms with Crippen LogP contribution in [0.5, 0.6) is 0 Å². The van der Waals surface area contributed by atoms with Crippen molar-refractivity contribution in [2.75, 3.05) is 24.7 Å². The van der Waals surface area contributed by atoms with Crippen molar-refractivity contribution < 1.29 is 9.59 Å². The summed E-state index contributed by atoms with van der Waals surface area (Å²) in [5, 5.41) is 2.92. The van der Waals surface area contributed by atoms with Gasteiger partial charge in [0.2, 0.25) is 5.91 Å². The van der Waals surface area contributed by atoms with Crippen LogP contribution in [0.15, 0.2) is 24.3 Å². The van der Waals surface area contributed by atoms with E-state index in [9.17, 15) is 9.59 Å². The molecule has 3 N–H and O–H groups in total. The maximum atomic E-state index is 12.8. The topological polar surface area (TPSA) is 75.4 Å². The van der Waals surface area contributed by atoms with Crippen molar-refractivity contribution in [3.63, 3.8) is 0 Å². The number of unbranched alkanes of at least 4 members (excludes halogenated alkanes) is 1. The summed E-state index contributed by atoms with van der Waals surface area (Å²) in [5.41, 5.74) is 7.34. The second kappa shape index (κ2) is 8.72. The van der Waals surface area contributed by atoms with Crippen molar-refractivity contribution in [3.05, 3.63) is 35.4 Å². The number of nitrogens with zero attached hydrogens (tertiary/aromatic N) is 1. The van der Waals surface area contributed by atoms with Crippen LogP contribution in [0.25, 0.3) is 0 Å². The minimum Gasteiger partial charge on any atom is -0.354 e. The molecule has 1 atom stereocenters. The van der Waals surface area contributed by atoms with Gasteiger partial charge in [0.05, 0.1) is 5.88 Å². The van der Waals surface area contributed by atoms with Crippen LogP contribution < -0.4 is 11.1 Å². The molecule has 1 heterocycles. The fraction of sp³-hybridized carbons (Fsp3) is 0.579. The van der Waals surface area contributed by atoms with Crippen LogP contribution >= 0.6 is 11.8 Å². The van der Waals surface area contributed by atoms with E-state index in [-0.39, 0.29) is 17.2 Å². The molecule has 0 aliphatic carbocycles. The van der Waals surface area contributed by atoms with Gasteiger partial charge in [-0.3, -0.25) is 9.59 Å². The number of benzene rings is 1. The highest BCUT2D eigenvalue weighted by Gasteiger charge is 2.34. The van der Waals surface area contributed by atoms with Crippen LogP contribution in [-0.2, 0) is 10.2 Å². The van der Waals surface area contributed by atoms with E-state index >= 15 is 0 Å². The van der Waals surface area contributed by atoms with Gasteiger partial charge in [0, 0.05) is 17.9 Å². The first-order valence-corrected chi connectivity index (χ1v) is 9.97. The number of nitrogens with two attached hydrogens (primary N) is 1. The Balaban J connectivity index is 2.01. The van der Waals surface area contributed by atoms with Crippen LogP contribution in [0.3, 0.4) is 0 Å². The number of nitrogens with one attached hydrogen (secondary N) is 1. The van der Waals surface area contributed by atoms with E-state index in [1.165, 1.54) is 5.56 Å². The molecule has 1 aliphatic rings. The predicted octanol–water partition coefficient (Wildman–Crippen LogP) is 2.35. The highest BCUT2D eigenvalue weighted by Crippen LogP contribution is 2.26. The van der Waals surface area contributed by atoms with E-state index in [1.807, 2.05) is 24.3 Å². The molecule has 25 heavy (non-hydrogen) atoms. The van der Waals surface area contributed by atoms with Gasteiger partial charge in [0.25, 0.3) is 5.91 Å². The van der Waals surface area contributed by atoms with E-state index in [4.69, 9.17) is 5.73 Å². The molecule has 6 heteroatoms. The maximum Gasteiger partial charge on any atom is 0.255 e. The first kappa shape index (κ1) is 19.8. The third-order valence-electron chi connectivity index (χ3n) is 4.37. The summed E-state index contributed by atoms with van der Waals surface area (Å²) in [7, 11) is 0. The van der Waals surface area contributed by atoms with Crippen LogP contribution in [0.2, 0.25) is 0 Å². The Morgan fingerprint density at radius 2 is 1.92 bits per heavy atom. The Hall–Kier alpha value is -1.53. The van der Waals surface area contributed by atoms with Gasteiger partial charge in [-0.1, -0.05) is 32.9 Å². The van der Waals surface area contributed by atoms with Crippen molar-refractivity contribution in [1.82, 2.24) is 10.2 Å². The number of carbonyl (C=O) groups excluding carboxylic acids is 2. The molecule has 1 unspecified atom stereocenters. The van der Waals surface area contributed by atoms with Gasteiger partial charge in [0.1, 0.15) is 6.04 Å². The summed E-state index contributed by atoms with van der Waals surface area (Å²) < 4.78 is 0. The molecule has 2 amide bonds. The van der Waals surface area contributed by atoms with Gasteiger partial charge in [-0.2, -0.15) is 0 Å². The second-order valence-corrected chi connectivity index (χ2v) is 8.40. The van der Waals surface area contributed by atoms with Gasteiger partial charge in [-0.25, -0.2) is 0 Å². The number of thioether (sulfide) groups is 1. The molecular weight excluding hydrogens is 334 g/mol. The Morgan fingerprint density at radius 1 is 1.24 bits per heavy atom. The number of hydrogen-bond donors (Lipinski definition) is 2. The molecule has 2 rings (SSSR count). The van der Waals surface area contributed by atoms with Crippen molar-refractivity contribution in [3.8, 4) is 0 Å². The van der Waals surface area contributed by atoms with E-state index in [2.05, 4.69) is 26.1 Å². The normalized spacial score (nSPS) is 17.6. The molecule has 138 valence electrons. The lowest BCUT2D eigenvalue weighted by molar-refractivity contribution is -0.124. The van der Waals surface area contributed by atoms with Crippen molar-refractivity contribution in [1.29, 1.82) is 0 Å². The fourth-order valence-electron chi connectivity index (χ4n) is 2.74. The lowest BCUT2D eigenvalue weighted by atomic mass is 9.86. The molecule has 1 fully saturated rings. The van der Waals surface area contributed by atoms with Crippen LogP contribution in [0.4, 0.5) is 0 Å². The minimum absolute atomic E-state index is 0.0526. The van der Waals surface area contributed by atoms with Crippen LogP contribution in [0, 0.1) is 0 Å². The second-order valence-electron chi connectivity index (χ2n) is 7.40. The zero-order valence-electron chi connectivity index (χ0n) is 15.4. The summed E-state index contributed by atoms with van der Waals surface area (Å²) in [5.74, 6) is 1.06. The monoisotopic (exact) mass is 363 g/mol. The van der Waals surface area contributed by atoms with Gasteiger partial charge in [-0.05, 0) is 42.5 Å². The van der Waals surface area contributed by atoms with Crippen LogP contribution in [-0.4, -0.2) is 47.5 Å². The largest absolute Gasteiger partial charge is 0.354 e. The zero-order valence-corrected chi connectivity index (χ0v) is 16.2.